The number of nitrogens with one attached hydrogen (secondary N) is 2. The average Bonchev–Trinajstić information content (AvgIpc) is 3.21. The Hall–Kier alpha value is -3.34. The second kappa shape index (κ2) is 8.67. The number of hydrogen-bond acceptors (Lipinski definition) is 3. The Balaban J connectivity index is 1.45. The van der Waals surface area contributed by atoms with Gasteiger partial charge in [0.2, 0.25) is 0 Å². The maximum atomic E-state index is 12.2. The van der Waals surface area contributed by atoms with Crippen molar-refractivity contribution < 1.29 is 14.0 Å². The molecule has 2 amide bonds. The summed E-state index contributed by atoms with van der Waals surface area (Å²) >= 11 is 0. The Morgan fingerprint density at radius 1 is 0.846 bits per heavy atom. The van der Waals surface area contributed by atoms with E-state index in [4.69, 9.17) is 4.42 Å². The molecular weight excluding hydrogens is 328 g/mol. The molecule has 0 aliphatic heterocycles. The smallest absolute Gasteiger partial charge is 0.291 e. The molecule has 2 aromatic carbocycles. The molecule has 0 spiro atoms. The first-order valence-electron chi connectivity index (χ1n) is 8.49. The van der Waals surface area contributed by atoms with Crippen LogP contribution in [0.2, 0.25) is 0 Å². The SMILES string of the molecule is O=C(NCCCc1ccccc1)c1ccc(NC(=O)c2ccco2)cc1. The highest BCUT2D eigenvalue weighted by atomic mass is 16.3. The molecule has 0 aliphatic rings. The molecule has 0 bridgehead atoms. The molecule has 0 saturated heterocycles. The summed E-state index contributed by atoms with van der Waals surface area (Å²) < 4.78 is 5.04. The van der Waals surface area contributed by atoms with Gasteiger partial charge < -0.3 is 15.1 Å². The summed E-state index contributed by atoms with van der Waals surface area (Å²) in [4.78, 5) is 24.1. The molecule has 26 heavy (non-hydrogen) atoms. The van der Waals surface area contributed by atoms with Crippen molar-refractivity contribution >= 4 is 17.5 Å². The molecule has 5 heteroatoms. The number of carbonyl (C=O) groups excluding carboxylic acids is 2. The lowest BCUT2D eigenvalue weighted by Crippen LogP contribution is -2.24. The fourth-order valence-electron chi connectivity index (χ4n) is 2.55. The number of rotatable bonds is 7. The molecule has 1 aromatic heterocycles. The summed E-state index contributed by atoms with van der Waals surface area (Å²) in [5.74, 6) is -0.208. The van der Waals surface area contributed by atoms with Gasteiger partial charge in [-0.15, -0.1) is 0 Å². The predicted molar refractivity (Wildman–Crippen MR) is 100 cm³/mol. The number of anilines is 1. The maximum absolute atomic E-state index is 12.2. The van der Waals surface area contributed by atoms with Gasteiger partial charge in [0.15, 0.2) is 5.76 Å². The summed E-state index contributed by atoms with van der Waals surface area (Å²) in [5.41, 5.74) is 2.42. The third kappa shape index (κ3) is 4.83. The van der Waals surface area contributed by atoms with Crippen molar-refractivity contribution in [2.75, 3.05) is 11.9 Å². The van der Waals surface area contributed by atoms with E-state index in [0.29, 0.717) is 17.8 Å². The molecule has 2 N–H and O–H groups in total. The topological polar surface area (TPSA) is 71.3 Å². The highest BCUT2D eigenvalue weighted by Crippen LogP contribution is 2.12. The fourth-order valence-corrected chi connectivity index (χ4v) is 2.55. The number of benzene rings is 2. The second-order valence-electron chi connectivity index (χ2n) is 5.85. The van der Waals surface area contributed by atoms with Gasteiger partial charge in [-0.2, -0.15) is 0 Å². The van der Waals surface area contributed by atoms with Crippen LogP contribution in [0.3, 0.4) is 0 Å². The van der Waals surface area contributed by atoms with E-state index in [2.05, 4.69) is 22.8 Å². The van der Waals surface area contributed by atoms with E-state index in [1.807, 2.05) is 18.2 Å². The zero-order valence-electron chi connectivity index (χ0n) is 14.3. The first-order valence-corrected chi connectivity index (χ1v) is 8.49. The van der Waals surface area contributed by atoms with E-state index in [-0.39, 0.29) is 17.6 Å². The van der Waals surface area contributed by atoms with E-state index >= 15 is 0 Å². The van der Waals surface area contributed by atoms with Crippen molar-refractivity contribution in [1.82, 2.24) is 5.32 Å². The van der Waals surface area contributed by atoms with Gasteiger partial charge in [-0.1, -0.05) is 30.3 Å². The molecular formula is C21H20N2O3. The number of carbonyl (C=O) groups is 2. The Morgan fingerprint density at radius 3 is 2.31 bits per heavy atom. The second-order valence-corrected chi connectivity index (χ2v) is 5.85. The van der Waals surface area contributed by atoms with E-state index in [1.54, 1.807) is 36.4 Å². The van der Waals surface area contributed by atoms with Gasteiger partial charge in [-0.25, -0.2) is 0 Å². The van der Waals surface area contributed by atoms with Crippen LogP contribution < -0.4 is 10.6 Å². The Labute approximate surface area is 152 Å². The summed E-state index contributed by atoms with van der Waals surface area (Å²) in [6.07, 6.45) is 3.26. The van der Waals surface area contributed by atoms with E-state index < -0.39 is 0 Å². The minimum absolute atomic E-state index is 0.123. The standard InChI is InChI=1S/C21H20N2O3/c24-20(22-14-4-8-16-6-2-1-3-7-16)17-10-12-18(13-11-17)23-21(25)19-9-5-15-26-19/h1-3,5-7,9-13,15H,4,8,14H2,(H,22,24)(H,23,25). The lowest BCUT2D eigenvalue weighted by Gasteiger charge is -2.07. The van der Waals surface area contributed by atoms with Crippen LogP contribution >= 0.6 is 0 Å². The fraction of sp³-hybridized carbons (Fsp3) is 0.143. The van der Waals surface area contributed by atoms with Crippen LogP contribution in [0.15, 0.2) is 77.4 Å². The third-order valence-corrected chi connectivity index (χ3v) is 3.92. The molecule has 0 saturated carbocycles. The van der Waals surface area contributed by atoms with Gasteiger partial charge in [0.25, 0.3) is 11.8 Å². The molecule has 0 aliphatic carbocycles. The van der Waals surface area contributed by atoms with Gasteiger partial charge in [-0.3, -0.25) is 9.59 Å². The zero-order chi connectivity index (χ0) is 18.2. The van der Waals surface area contributed by atoms with E-state index in [9.17, 15) is 9.59 Å². The van der Waals surface area contributed by atoms with Crippen LogP contribution in [0.25, 0.3) is 0 Å². The minimum atomic E-state index is -0.326. The monoisotopic (exact) mass is 348 g/mol. The van der Waals surface area contributed by atoms with Crippen molar-refractivity contribution in [3.63, 3.8) is 0 Å². The van der Waals surface area contributed by atoms with Gasteiger partial charge >= 0.3 is 0 Å². The van der Waals surface area contributed by atoms with E-state index in [1.165, 1.54) is 11.8 Å². The first-order chi connectivity index (χ1) is 12.7. The summed E-state index contributed by atoms with van der Waals surface area (Å²) in [6.45, 7) is 0.616. The van der Waals surface area contributed by atoms with Crippen LogP contribution in [-0.2, 0) is 6.42 Å². The highest BCUT2D eigenvalue weighted by molar-refractivity contribution is 6.02. The van der Waals surface area contributed by atoms with Crippen molar-refractivity contribution in [3.8, 4) is 0 Å². The van der Waals surface area contributed by atoms with Crippen LogP contribution in [-0.4, -0.2) is 18.4 Å². The van der Waals surface area contributed by atoms with Crippen LogP contribution in [0.1, 0.15) is 32.9 Å². The van der Waals surface area contributed by atoms with Crippen molar-refractivity contribution in [2.45, 2.75) is 12.8 Å². The predicted octanol–water partition coefficient (Wildman–Crippen LogP) is 3.89. The summed E-state index contributed by atoms with van der Waals surface area (Å²) in [7, 11) is 0. The molecule has 0 atom stereocenters. The summed E-state index contributed by atoms with van der Waals surface area (Å²) in [5, 5.41) is 5.63. The molecule has 0 radical (unpaired) electrons. The minimum Gasteiger partial charge on any atom is -0.459 e. The van der Waals surface area contributed by atoms with Gasteiger partial charge in [0.05, 0.1) is 6.26 Å². The normalized spacial score (nSPS) is 10.3. The Bertz CT molecular complexity index is 841. The Kier molecular flexibility index (Phi) is 5.83. The summed E-state index contributed by atoms with van der Waals surface area (Å²) in [6, 6.07) is 20.2. The quantitative estimate of drug-likeness (QED) is 0.636. The van der Waals surface area contributed by atoms with Crippen LogP contribution in [0.4, 0.5) is 5.69 Å². The highest BCUT2D eigenvalue weighted by Gasteiger charge is 2.09. The molecule has 0 unspecified atom stereocenters. The van der Waals surface area contributed by atoms with Gasteiger partial charge in [0.1, 0.15) is 0 Å². The van der Waals surface area contributed by atoms with Gasteiger partial charge in [-0.05, 0) is 54.8 Å². The number of amides is 2. The lowest BCUT2D eigenvalue weighted by atomic mass is 10.1. The third-order valence-electron chi connectivity index (χ3n) is 3.92. The zero-order valence-corrected chi connectivity index (χ0v) is 14.3. The molecule has 0 fully saturated rings. The van der Waals surface area contributed by atoms with Crippen molar-refractivity contribution in [2.24, 2.45) is 0 Å². The van der Waals surface area contributed by atoms with Crippen molar-refractivity contribution in [1.29, 1.82) is 0 Å². The lowest BCUT2D eigenvalue weighted by molar-refractivity contribution is 0.0952. The number of aryl methyl sites for hydroxylation is 1. The molecule has 3 aromatic rings. The largest absolute Gasteiger partial charge is 0.459 e. The van der Waals surface area contributed by atoms with Gasteiger partial charge in [0, 0.05) is 17.8 Å². The van der Waals surface area contributed by atoms with Crippen molar-refractivity contribution in [3.05, 3.63) is 89.9 Å². The van der Waals surface area contributed by atoms with E-state index in [0.717, 1.165) is 12.8 Å². The average molecular weight is 348 g/mol. The molecule has 1 heterocycles. The van der Waals surface area contributed by atoms with Crippen LogP contribution in [0.5, 0.6) is 0 Å². The first kappa shape index (κ1) is 17.5. The molecule has 3 rings (SSSR count). The number of hydrogen-bond donors (Lipinski definition) is 2. The molecule has 132 valence electrons. The van der Waals surface area contributed by atoms with Crippen LogP contribution in [0, 0.1) is 0 Å². The maximum Gasteiger partial charge on any atom is 0.291 e. The Morgan fingerprint density at radius 2 is 1.62 bits per heavy atom. The number of furan rings is 1. The molecule has 5 nitrogen and oxygen atoms in total.